The molecule has 0 saturated heterocycles. The maximum Gasteiger partial charge on any atom is 0.119 e. The number of rotatable bonds is 6. The summed E-state index contributed by atoms with van der Waals surface area (Å²) in [5.74, 6) is 0.770. The van der Waals surface area contributed by atoms with E-state index < -0.39 is 0 Å². The molecule has 0 aliphatic carbocycles. The summed E-state index contributed by atoms with van der Waals surface area (Å²) in [7, 11) is 0. The summed E-state index contributed by atoms with van der Waals surface area (Å²) in [6, 6.07) is 7.49. The molecule has 4 nitrogen and oxygen atoms in total. The summed E-state index contributed by atoms with van der Waals surface area (Å²) in [5, 5.41) is 5.12. The highest BCUT2D eigenvalue weighted by Crippen LogP contribution is 2.19. The Morgan fingerprint density at radius 2 is 2.19 bits per heavy atom. The van der Waals surface area contributed by atoms with E-state index in [1.807, 2.05) is 42.8 Å². The molecule has 0 fully saturated rings. The lowest BCUT2D eigenvalue weighted by atomic mass is 10.2. The predicted molar refractivity (Wildman–Crippen MR) is 89.2 cm³/mol. The van der Waals surface area contributed by atoms with E-state index in [9.17, 15) is 0 Å². The van der Waals surface area contributed by atoms with Crippen LogP contribution >= 0.6 is 23.8 Å². The van der Waals surface area contributed by atoms with Crippen molar-refractivity contribution in [3.63, 3.8) is 0 Å². The van der Waals surface area contributed by atoms with Gasteiger partial charge in [-0.2, -0.15) is 5.10 Å². The van der Waals surface area contributed by atoms with Gasteiger partial charge in [-0.05, 0) is 26.0 Å². The Kier molecular flexibility index (Phi) is 5.20. The second kappa shape index (κ2) is 6.91. The first-order valence-corrected chi connectivity index (χ1v) is 7.50. The number of hydrogen-bond acceptors (Lipinski definition) is 3. The number of aromatic nitrogens is 2. The third kappa shape index (κ3) is 3.95. The van der Waals surface area contributed by atoms with Crippen LogP contribution in [0.15, 0.2) is 24.3 Å². The van der Waals surface area contributed by atoms with Crippen LogP contribution in [0.25, 0.3) is 0 Å². The fourth-order valence-corrected chi connectivity index (χ4v) is 2.30. The number of aryl methyl sites for hydroxylation is 2. The van der Waals surface area contributed by atoms with E-state index in [1.165, 1.54) is 0 Å². The molecule has 2 aromatic rings. The molecule has 0 bridgehead atoms. The number of nitrogens with zero attached hydrogens (tertiary/aromatic N) is 2. The number of benzene rings is 1. The third-order valence-electron chi connectivity index (χ3n) is 3.19. The second-order valence-electron chi connectivity index (χ2n) is 4.80. The Morgan fingerprint density at radius 3 is 2.81 bits per heavy atom. The summed E-state index contributed by atoms with van der Waals surface area (Å²) < 4.78 is 7.62. The zero-order valence-corrected chi connectivity index (χ0v) is 13.7. The molecule has 21 heavy (non-hydrogen) atoms. The summed E-state index contributed by atoms with van der Waals surface area (Å²) >= 11 is 11.1. The molecule has 1 aromatic carbocycles. The molecule has 0 aliphatic rings. The van der Waals surface area contributed by atoms with Crippen LogP contribution in [0.4, 0.5) is 0 Å². The Labute approximate surface area is 134 Å². The quantitative estimate of drug-likeness (QED) is 0.655. The number of thiocarbonyl (C=S) groups is 1. The van der Waals surface area contributed by atoms with Gasteiger partial charge >= 0.3 is 0 Å². The van der Waals surface area contributed by atoms with Gasteiger partial charge in [0.2, 0.25) is 0 Å². The normalized spacial score (nSPS) is 10.6. The molecular weight excluding hydrogens is 306 g/mol. The van der Waals surface area contributed by atoms with Gasteiger partial charge in [0.05, 0.1) is 23.0 Å². The fourth-order valence-electron chi connectivity index (χ4n) is 2.04. The SMILES string of the molecule is Cc1nn(CCCOc2cccc(C(N)=S)c2)c(C)c1Cl. The van der Waals surface area contributed by atoms with Gasteiger partial charge in [0.15, 0.2) is 0 Å². The molecule has 0 amide bonds. The van der Waals surface area contributed by atoms with Gasteiger partial charge in [0.25, 0.3) is 0 Å². The topological polar surface area (TPSA) is 53.1 Å². The average molecular weight is 324 g/mol. The van der Waals surface area contributed by atoms with E-state index in [1.54, 1.807) is 0 Å². The highest BCUT2D eigenvalue weighted by atomic mass is 35.5. The average Bonchev–Trinajstić information content (AvgIpc) is 2.71. The lowest BCUT2D eigenvalue weighted by molar-refractivity contribution is 0.298. The van der Waals surface area contributed by atoms with Gasteiger partial charge in [0, 0.05) is 18.5 Å². The second-order valence-corrected chi connectivity index (χ2v) is 5.62. The monoisotopic (exact) mass is 323 g/mol. The number of hydrogen-bond donors (Lipinski definition) is 1. The minimum atomic E-state index is 0.373. The Hall–Kier alpha value is -1.59. The van der Waals surface area contributed by atoms with Gasteiger partial charge < -0.3 is 10.5 Å². The predicted octanol–water partition coefficient (Wildman–Crippen LogP) is 3.26. The van der Waals surface area contributed by atoms with Crippen molar-refractivity contribution in [3.05, 3.63) is 46.2 Å². The van der Waals surface area contributed by atoms with Crippen molar-refractivity contribution in [1.29, 1.82) is 0 Å². The fraction of sp³-hybridized carbons (Fsp3) is 0.333. The summed E-state index contributed by atoms with van der Waals surface area (Å²) in [5.41, 5.74) is 8.26. The first kappa shape index (κ1) is 15.8. The van der Waals surface area contributed by atoms with Crippen LogP contribution in [-0.4, -0.2) is 21.4 Å². The molecule has 1 aromatic heterocycles. The lowest BCUT2D eigenvalue weighted by Gasteiger charge is -2.08. The molecular formula is C15H18ClN3OS. The van der Waals surface area contributed by atoms with Crippen LogP contribution < -0.4 is 10.5 Å². The van der Waals surface area contributed by atoms with Gasteiger partial charge in [-0.1, -0.05) is 36.0 Å². The van der Waals surface area contributed by atoms with Crippen LogP contribution in [0.1, 0.15) is 23.4 Å². The minimum absolute atomic E-state index is 0.373. The molecule has 0 unspecified atom stereocenters. The number of halogens is 1. The van der Waals surface area contributed by atoms with Gasteiger partial charge in [-0.25, -0.2) is 0 Å². The van der Waals surface area contributed by atoms with Crippen LogP contribution in [0.2, 0.25) is 5.02 Å². The van der Waals surface area contributed by atoms with Gasteiger partial charge in [-0.3, -0.25) is 4.68 Å². The molecule has 6 heteroatoms. The van der Waals surface area contributed by atoms with E-state index in [0.717, 1.165) is 40.7 Å². The standard InChI is InChI=1S/C15H18ClN3OS/c1-10-14(16)11(2)19(18-10)7-4-8-20-13-6-3-5-12(9-13)15(17)21/h3,5-6,9H,4,7-8H2,1-2H3,(H2,17,21). The molecule has 0 radical (unpaired) electrons. The van der Waals surface area contributed by atoms with Gasteiger partial charge in [0.1, 0.15) is 10.7 Å². The van der Waals surface area contributed by atoms with Crippen molar-refractivity contribution < 1.29 is 4.74 Å². The Morgan fingerprint density at radius 1 is 1.43 bits per heavy atom. The molecule has 1 heterocycles. The molecule has 0 spiro atoms. The molecule has 0 atom stereocenters. The zero-order valence-electron chi connectivity index (χ0n) is 12.1. The first-order chi connectivity index (χ1) is 9.99. The Balaban J connectivity index is 1.86. The summed E-state index contributed by atoms with van der Waals surface area (Å²) in [4.78, 5) is 0.373. The van der Waals surface area contributed by atoms with Crippen molar-refractivity contribution in [1.82, 2.24) is 9.78 Å². The van der Waals surface area contributed by atoms with Crippen LogP contribution in [0, 0.1) is 13.8 Å². The van der Waals surface area contributed by atoms with Crippen LogP contribution in [0.5, 0.6) is 5.75 Å². The minimum Gasteiger partial charge on any atom is -0.494 e. The highest BCUT2D eigenvalue weighted by molar-refractivity contribution is 7.80. The van der Waals surface area contributed by atoms with E-state index in [4.69, 9.17) is 34.3 Å². The largest absolute Gasteiger partial charge is 0.494 e. The first-order valence-electron chi connectivity index (χ1n) is 6.71. The van der Waals surface area contributed by atoms with Crippen molar-refractivity contribution in [3.8, 4) is 5.75 Å². The van der Waals surface area contributed by atoms with E-state index in [0.29, 0.717) is 11.6 Å². The molecule has 112 valence electrons. The molecule has 2 N–H and O–H groups in total. The smallest absolute Gasteiger partial charge is 0.119 e. The van der Waals surface area contributed by atoms with Crippen molar-refractivity contribution in [2.24, 2.45) is 5.73 Å². The van der Waals surface area contributed by atoms with E-state index in [2.05, 4.69) is 5.10 Å². The molecule has 2 rings (SSSR count). The summed E-state index contributed by atoms with van der Waals surface area (Å²) in [6.07, 6.45) is 0.843. The van der Waals surface area contributed by atoms with Gasteiger partial charge in [-0.15, -0.1) is 0 Å². The highest BCUT2D eigenvalue weighted by Gasteiger charge is 2.08. The maximum atomic E-state index is 6.12. The van der Waals surface area contributed by atoms with Crippen molar-refractivity contribution >= 4 is 28.8 Å². The molecule has 0 saturated carbocycles. The van der Waals surface area contributed by atoms with Crippen molar-refractivity contribution in [2.45, 2.75) is 26.8 Å². The lowest BCUT2D eigenvalue weighted by Crippen LogP contribution is -2.10. The van der Waals surface area contributed by atoms with Crippen LogP contribution in [0.3, 0.4) is 0 Å². The zero-order chi connectivity index (χ0) is 15.4. The van der Waals surface area contributed by atoms with Crippen molar-refractivity contribution in [2.75, 3.05) is 6.61 Å². The number of ether oxygens (including phenoxy) is 1. The number of nitrogens with two attached hydrogens (primary N) is 1. The third-order valence-corrected chi connectivity index (χ3v) is 3.98. The van der Waals surface area contributed by atoms with E-state index in [-0.39, 0.29) is 0 Å². The maximum absolute atomic E-state index is 6.12. The molecule has 0 aliphatic heterocycles. The van der Waals surface area contributed by atoms with Crippen LogP contribution in [-0.2, 0) is 6.54 Å². The summed E-state index contributed by atoms with van der Waals surface area (Å²) in [6.45, 7) is 5.24. The van der Waals surface area contributed by atoms with E-state index >= 15 is 0 Å². The Bertz CT molecular complexity index is 654.